The fraction of sp³-hybridized carbons (Fsp3) is 0.200. The van der Waals surface area contributed by atoms with Gasteiger partial charge in [0.15, 0.2) is 5.65 Å². The van der Waals surface area contributed by atoms with E-state index >= 15 is 0 Å². The number of ether oxygens (including phenoxy) is 1. The number of hydrogen-bond acceptors (Lipinski definition) is 7. The zero-order chi connectivity index (χ0) is 22.0. The molecule has 6 rings (SSSR count). The summed E-state index contributed by atoms with van der Waals surface area (Å²) in [6.45, 7) is 3.53. The molecule has 5 aromatic rings. The number of rotatable bonds is 5. The summed E-state index contributed by atoms with van der Waals surface area (Å²) in [5, 5.41) is 5.87. The second kappa shape index (κ2) is 8.48. The molecule has 0 N–H and O–H groups in total. The summed E-state index contributed by atoms with van der Waals surface area (Å²) < 4.78 is 12.8. The summed E-state index contributed by atoms with van der Waals surface area (Å²) >= 11 is 0. The highest BCUT2D eigenvalue weighted by molar-refractivity contribution is 5.88. The van der Waals surface area contributed by atoms with Crippen LogP contribution in [0, 0.1) is 0 Å². The van der Waals surface area contributed by atoms with E-state index in [0.29, 0.717) is 19.8 Å². The number of furan rings is 1. The van der Waals surface area contributed by atoms with Crippen LogP contribution in [0.2, 0.25) is 0 Å². The van der Waals surface area contributed by atoms with Crippen molar-refractivity contribution in [1.29, 1.82) is 0 Å². The van der Waals surface area contributed by atoms with Crippen molar-refractivity contribution in [2.45, 2.75) is 6.54 Å². The highest BCUT2D eigenvalue weighted by atomic mass is 16.5. The third-order valence-corrected chi connectivity index (χ3v) is 5.75. The Morgan fingerprint density at radius 1 is 1.03 bits per heavy atom. The van der Waals surface area contributed by atoms with Gasteiger partial charge in [-0.15, -0.1) is 0 Å². The first-order chi connectivity index (χ1) is 16.3. The van der Waals surface area contributed by atoms with Crippen LogP contribution in [-0.4, -0.2) is 52.1 Å². The molecule has 1 aliphatic heterocycles. The number of anilines is 1. The minimum absolute atomic E-state index is 0.472. The number of nitrogens with zero attached hydrogens (tertiary/aromatic N) is 6. The van der Waals surface area contributed by atoms with Crippen molar-refractivity contribution in [3.8, 4) is 11.3 Å². The zero-order valence-corrected chi connectivity index (χ0v) is 18.0. The predicted octanol–water partition coefficient (Wildman–Crippen LogP) is 3.99. The number of imidazole rings is 1. The van der Waals surface area contributed by atoms with E-state index in [0.717, 1.165) is 57.9 Å². The lowest BCUT2D eigenvalue weighted by molar-refractivity contribution is 0.123. The Morgan fingerprint density at radius 2 is 1.91 bits per heavy atom. The van der Waals surface area contributed by atoms with Gasteiger partial charge in [-0.05, 0) is 48.0 Å². The quantitative estimate of drug-likeness (QED) is 0.386. The van der Waals surface area contributed by atoms with E-state index in [9.17, 15) is 0 Å². The molecule has 1 aliphatic rings. The Balaban J connectivity index is 1.34. The molecule has 0 amide bonds. The van der Waals surface area contributed by atoms with E-state index in [4.69, 9.17) is 19.2 Å². The third-order valence-electron chi connectivity index (χ3n) is 5.75. The highest BCUT2D eigenvalue weighted by Gasteiger charge is 2.18. The Bertz CT molecular complexity index is 1430. The summed E-state index contributed by atoms with van der Waals surface area (Å²) in [4.78, 5) is 16.0. The number of pyridine rings is 1. The maximum atomic E-state index is 5.55. The number of aliphatic imine (C=N–C) groups is 1. The van der Waals surface area contributed by atoms with E-state index in [1.54, 1.807) is 18.7 Å². The molecule has 4 aromatic heterocycles. The Kier molecular flexibility index (Phi) is 5.04. The maximum absolute atomic E-state index is 5.55. The average molecular weight is 438 g/mol. The Morgan fingerprint density at radius 3 is 2.79 bits per heavy atom. The smallest absolute Gasteiger partial charge is 0.177 e. The van der Waals surface area contributed by atoms with Crippen molar-refractivity contribution >= 4 is 28.5 Å². The van der Waals surface area contributed by atoms with Crippen molar-refractivity contribution in [1.82, 2.24) is 19.6 Å². The molecule has 33 heavy (non-hydrogen) atoms. The van der Waals surface area contributed by atoms with Crippen LogP contribution in [0.5, 0.6) is 0 Å². The molecule has 0 atom stereocenters. The van der Waals surface area contributed by atoms with E-state index in [1.807, 2.05) is 47.3 Å². The second-order valence-electron chi connectivity index (χ2n) is 7.94. The van der Waals surface area contributed by atoms with Crippen molar-refractivity contribution < 1.29 is 9.15 Å². The highest BCUT2D eigenvalue weighted by Crippen LogP contribution is 2.26. The number of morpholine rings is 1. The molecule has 0 bridgehead atoms. The number of benzene rings is 1. The summed E-state index contributed by atoms with van der Waals surface area (Å²) in [7, 11) is 0. The number of aromatic nitrogens is 4. The van der Waals surface area contributed by atoms with Crippen LogP contribution in [0.3, 0.4) is 0 Å². The molecule has 0 aliphatic carbocycles. The average Bonchev–Trinajstić information content (AvgIpc) is 3.51. The molecule has 0 radical (unpaired) electrons. The van der Waals surface area contributed by atoms with Crippen LogP contribution in [-0.2, 0) is 11.3 Å². The van der Waals surface area contributed by atoms with Crippen molar-refractivity contribution in [2.24, 2.45) is 4.99 Å². The van der Waals surface area contributed by atoms with Gasteiger partial charge in [0.05, 0.1) is 49.3 Å². The minimum atomic E-state index is 0.472. The molecule has 5 heterocycles. The van der Waals surface area contributed by atoms with Crippen LogP contribution in [0.25, 0.3) is 27.9 Å². The second-order valence-corrected chi connectivity index (χ2v) is 7.94. The minimum Gasteiger partial charge on any atom is -0.464 e. The predicted molar refractivity (Wildman–Crippen MR) is 127 cm³/mol. The first-order valence-corrected chi connectivity index (χ1v) is 10.9. The molecule has 0 saturated carbocycles. The van der Waals surface area contributed by atoms with E-state index in [2.05, 4.69) is 27.0 Å². The first-order valence-electron chi connectivity index (χ1n) is 10.9. The molecular formula is C25H22N6O2. The van der Waals surface area contributed by atoms with E-state index in [-0.39, 0.29) is 0 Å². The summed E-state index contributed by atoms with van der Waals surface area (Å²) in [6, 6.07) is 14.0. The number of fused-ring (bicyclic) bond motifs is 2. The molecule has 164 valence electrons. The van der Waals surface area contributed by atoms with Gasteiger partial charge in [0.1, 0.15) is 5.58 Å². The Labute approximate surface area is 190 Å². The summed E-state index contributed by atoms with van der Waals surface area (Å²) in [5.41, 5.74) is 6.55. The molecule has 1 aromatic carbocycles. The molecule has 1 fully saturated rings. The zero-order valence-electron chi connectivity index (χ0n) is 18.0. The van der Waals surface area contributed by atoms with Crippen LogP contribution < -0.4 is 4.90 Å². The fourth-order valence-electron chi connectivity index (χ4n) is 4.10. The lowest BCUT2D eigenvalue weighted by Crippen LogP contribution is -2.36. The van der Waals surface area contributed by atoms with Gasteiger partial charge in [-0.3, -0.25) is 9.98 Å². The van der Waals surface area contributed by atoms with Gasteiger partial charge in [0.25, 0.3) is 0 Å². The van der Waals surface area contributed by atoms with Gasteiger partial charge < -0.3 is 14.1 Å². The van der Waals surface area contributed by atoms with Crippen LogP contribution in [0.4, 0.5) is 5.69 Å². The monoisotopic (exact) mass is 438 g/mol. The molecular weight excluding hydrogens is 416 g/mol. The van der Waals surface area contributed by atoms with Gasteiger partial charge >= 0.3 is 0 Å². The lowest BCUT2D eigenvalue weighted by atomic mass is 10.2. The van der Waals surface area contributed by atoms with Crippen molar-refractivity contribution in [3.05, 3.63) is 78.6 Å². The molecule has 8 heteroatoms. The first kappa shape index (κ1) is 19.6. The molecule has 0 spiro atoms. The lowest BCUT2D eigenvalue weighted by Gasteiger charge is -2.29. The van der Waals surface area contributed by atoms with Gasteiger partial charge in [-0.25, -0.2) is 9.50 Å². The van der Waals surface area contributed by atoms with E-state index < -0.39 is 0 Å². The van der Waals surface area contributed by atoms with Gasteiger partial charge in [0.2, 0.25) is 0 Å². The van der Waals surface area contributed by atoms with Gasteiger partial charge in [0, 0.05) is 42.6 Å². The third kappa shape index (κ3) is 3.96. The normalized spacial score (nSPS) is 14.6. The van der Waals surface area contributed by atoms with Gasteiger partial charge in [-0.2, -0.15) is 5.10 Å². The van der Waals surface area contributed by atoms with E-state index in [1.165, 1.54) is 0 Å². The van der Waals surface area contributed by atoms with Gasteiger partial charge in [-0.1, -0.05) is 0 Å². The molecule has 0 unspecified atom stereocenters. The molecule has 1 saturated heterocycles. The summed E-state index contributed by atoms with van der Waals surface area (Å²) in [6.07, 6.45) is 9.09. The van der Waals surface area contributed by atoms with Crippen LogP contribution in [0.15, 0.2) is 76.7 Å². The fourth-order valence-corrected chi connectivity index (χ4v) is 4.10. The van der Waals surface area contributed by atoms with Crippen LogP contribution >= 0.6 is 0 Å². The van der Waals surface area contributed by atoms with Crippen molar-refractivity contribution in [3.63, 3.8) is 0 Å². The summed E-state index contributed by atoms with van der Waals surface area (Å²) in [5.74, 6) is 0. The Hall–Kier alpha value is -4.04. The SMILES string of the molecule is C(=NCc1cc(N2CCOCC2)c2nc(-c3ccncc3)cn2n1)c1ccc2occc2c1. The van der Waals surface area contributed by atoms with Crippen LogP contribution in [0.1, 0.15) is 11.3 Å². The standard InChI is InChI=1S/C25H22N6O2/c1-2-24-20(5-10-33-24)13-18(1)15-27-16-21-14-23(30-8-11-32-12-9-30)25-28-22(17-31(25)29-21)19-3-6-26-7-4-19/h1-7,10,13-15,17H,8-9,11-12,16H2. The van der Waals surface area contributed by atoms with Crippen molar-refractivity contribution in [2.75, 3.05) is 31.2 Å². The number of hydrogen-bond donors (Lipinski definition) is 0. The molecule has 8 nitrogen and oxygen atoms in total. The maximum Gasteiger partial charge on any atom is 0.177 e. The largest absolute Gasteiger partial charge is 0.464 e. The topological polar surface area (TPSA) is 81.0 Å².